The Morgan fingerprint density at radius 2 is 0.667 bits per heavy atom. The van der Waals surface area contributed by atoms with Gasteiger partial charge in [0.05, 0.1) is 0 Å². The third-order valence-electron chi connectivity index (χ3n) is 12.0. The number of rotatable bonds is 4. The zero-order chi connectivity index (χ0) is 37.5. The predicted molar refractivity (Wildman–Crippen MR) is 243 cm³/mol. The Bertz CT molecular complexity index is 3450. The first kappa shape index (κ1) is 31.8. The molecule has 12 rings (SSSR count). The molecular weight excluding hydrogens is 689 g/mol. The summed E-state index contributed by atoms with van der Waals surface area (Å²) in [4.78, 5) is 0. The molecule has 11 aromatic carbocycles. The first-order valence-electron chi connectivity index (χ1n) is 19.7. The van der Waals surface area contributed by atoms with Crippen LogP contribution in [0.3, 0.4) is 0 Å². The molecule has 264 valence electrons. The maximum absolute atomic E-state index is 6.95. The molecule has 0 bridgehead atoms. The van der Waals surface area contributed by atoms with E-state index in [-0.39, 0.29) is 0 Å². The normalized spacial score (nSPS) is 11.9. The van der Waals surface area contributed by atoms with Crippen molar-refractivity contribution in [3.05, 3.63) is 206 Å². The Labute approximate surface area is 329 Å². The molecule has 0 radical (unpaired) electrons. The van der Waals surface area contributed by atoms with Crippen LogP contribution in [0, 0.1) is 0 Å². The fourth-order valence-electron chi connectivity index (χ4n) is 9.66. The fraction of sp³-hybridized carbons (Fsp3) is 0. The van der Waals surface area contributed by atoms with Crippen LogP contribution in [-0.4, -0.2) is 0 Å². The molecule has 1 heteroatoms. The van der Waals surface area contributed by atoms with Gasteiger partial charge in [-0.1, -0.05) is 194 Å². The summed E-state index contributed by atoms with van der Waals surface area (Å²) in [5.41, 5.74) is 11.5. The molecule has 0 aliphatic carbocycles. The Balaban J connectivity index is 1.12. The van der Waals surface area contributed by atoms with Gasteiger partial charge < -0.3 is 4.42 Å². The molecular formula is C56H34O. The van der Waals surface area contributed by atoms with E-state index in [1.54, 1.807) is 0 Å². The van der Waals surface area contributed by atoms with Crippen molar-refractivity contribution in [1.82, 2.24) is 0 Å². The van der Waals surface area contributed by atoms with E-state index >= 15 is 0 Å². The summed E-state index contributed by atoms with van der Waals surface area (Å²) >= 11 is 0. The van der Waals surface area contributed by atoms with Crippen molar-refractivity contribution in [3.63, 3.8) is 0 Å². The average Bonchev–Trinajstić information content (AvgIpc) is 3.66. The summed E-state index contributed by atoms with van der Waals surface area (Å²) in [7, 11) is 0. The first-order valence-corrected chi connectivity index (χ1v) is 19.7. The summed E-state index contributed by atoms with van der Waals surface area (Å²) in [6.45, 7) is 0. The van der Waals surface area contributed by atoms with E-state index in [0.717, 1.165) is 27.5 Å². The second-order valence-corrected chi connectivity index (χ2v) is 15.1. The summed E-state index contributed by atoms with van der Waals surface area (Å²) in [6, 6.07) is 75.1. The van der Waals surface area contributed by atoms with Gasteiger partial charge in [-0.15, -0.1) is 0 Å². The lowest BCUT2D eigenvalue weighted by atomic mass is 9.84. The number of para-hydroxylation sites is 1. The maximum Gasteiger partial charge on any atom is 0.143 e. The van der Waals surface area contributed by atoms with Crippen LogP contribution in [0.25, 0.3) is 120 Å². The zero-order valence-electron chi connectivity index (χ0n) is 31.0. The van der Waals surface area contributed by atoms with Gasteiger partial charge in [0.1, 0.15) is 11.2 Å². The van der Waals surface area contributed by atoms with Gasteiger partial charge in [-0.25, -0.2) is 0 Å². The van der Waals surface area contributed by atoms with E-state index in [1.807, 2.05) is 0 Å². The lowest BCUT2D eigenvalue weighted by molar-refractivity contribution is 0.670. The van der Waals surface area contributed by atoms with E-state index in [2.05, 4.69) is 206 Å². The van der Waals surface area contributed by atoms with E-state index in [9.17, 15) is 0 Å². The number of fused-ring (bicyclic) bond motifs is 8. The zero-order valence-corrected chi connectivity index (χ0v) is 31.0. The molecule has 0 amide bonds. The first-order chi connectivity index (χ1) is 28.3. The van der Waals surface area contributed by atoms with Crippen molar-refractivity contribution in [2.75, 3.05) is 0 Å². The third-order valence-corrected chi connectivity index (χ3v) is 12.0. The van der Waals surface area contributed by atoms with Gasteiger partial charge in [-0.05, 0) is 99.4 Å². The topological polar surface area (TPSA) is 13.1 Å². The molecule has 0 aliphatic heterocycles. The highest BCUT2D eigenvalue weighted by molar-refractivity contribution is 6.26. The van der Waals surface area contributed by atoms with Crippen LogP contribution in [0.2, 0.25) is 0 Å². The SMILES string of the molecule is c1ccc(-c2c3ccccc3c(-c3ccc4oc5c(-c6c7ccccc7c(-c7cccc8ccccc78)c7ccccc67)cccc5c4c3)c3ccccc23)cc1. The van der Waals surface area contributed by atoms with Crippen molar-refractivity contribution >= 4 is 75.8 Å². The highest BCUT2D eigenvalue weighted by Gasteiger charge is 2.22. The Morgan fingerprint density at radius 3 is 1.26 bits per heavy atom. The van der Waals surface area contributed by atoms with Crippen molar-refractivity contribution in [3.8, 4) is 44.5 Å². The highest BCUT2D eigenvalue weighted by Crippen LogP contribution is 2.49. The molecule has 0 aliphatic rings. The number of hydrogen-bond acceptors (Lipinski definition) is 1. The van der Waals surface area contributed by atoms with E-state index < -0.39 is 0 Å². The Hall–Kier alpha value is -7.48. The average molecular weight is 723 g/mol. The van der Waals surface area contributed by atoms with E-state index in [4.69, 9.17) is 4.42 Å². The molecule has 12 aromatic rings. The molecule has 0 atom stereocenters. The smallest absolute Gasteiger partial charge is 0.143 e. The number of hydrogen-bond donors (Lipinski definition) is 0. The summed E-state index contributed by atoms with van der Waals surface area (Å²) in [5.74, 6) is 0. The minimum Gasteiger partial charge on any atom is -0.455 e. The molecule has 0 spiro atoms. The van der Waals surface area contributed by atoms with Gasteiger partial charge in [0, 0.05) is 21.9 Å². The fourth-order valence-corrected chi connectivity index (χ4v) is 9.66. The monoisotopic (exact) mass is 722 g/mol. The highest BCUT2D eigenvalue weighted by atomic mass is 16.3. The van der Waals surface area contributed by atoms with Gasteiger partial charge >= 0.3 is 0 Å². The molecule has 57 heavy (non-hydrogen) atoms. The minimum absolute atomic E-state index is 0.886. The van der Waals surface area contributed by atoms with Crippen LogP contribution >= 0.6 is 0 Å². The quantitative estimate of drug-likeness (QED) is 0.165. The van der Waals surface area contributed by atoms with E-state index in [1.165, 1.54) is 92.8 Å². The van der Waals surface area contributed by atoms with Gasteiger partial charge in [-0.2, -0.15) is 0 Å². The Morgan fingerprint density at radius 1 is 0.246 bits per heavy atom. The second-order valence-electron chi connectivity index (χ2n) is 15.1. The second kappa shape index (κ2) is 12.5. The van der Waals surface area contributed by atoms with Gasteiger partial charge in [0.2, 0.25) is 0 Å². The van der Waals surface area contributed by atoms with Crippen LogP contribution < -0.4 is 0 Å². The molecule has 0 N–H and O–H groups in total. The standard InChI is InChI=1S/C56H34O/c1-2-17-36(18-3-1)52-40-21-6-8-23-42(40)53(43-24-9-7-22-41(43)52)37-32-33-51-50(34-37)48-30-15-31-49(56(48)57-51)55-46-27-12-10-25-44(46)54(45-26-11-13-28-47(45)55)39-29-14-19-35-16-4-5-20-38(35)39/h1-34H. The van der Waals surface area contributed by atoms with Crippen molar-refractivity contribution < 1.29 is 4.42 Å². The van der Waals surface area contributed by atoms with Gasteiger partial charge in [-0.3, -0.25) is 0 Å². The van der Waals surface area contributed by atoms with Crippen LogP contribution in [-0.2, 0) is 0 Å². The van der Waals surface area contributed by atoms with Crippen LogP contribution in [0.1, 0.15) is 0 Å². The molecule has 0 fully saturated rings. The van der Waals surface area contributed by atoms with E-state index in [0.29, 0.717) is 0 Å². The predicted octanol–water partition coefficient (Wildman–Crippen LogP) is 16.0. The number of benzene rings is 11. The van der Waals surface area contributed by atoms with Crippen LogP contribution in [0.4, 0.5) is 0 Å². The van der Waals surface area contributed by atoms with Crippen molar-refractivity contribution in [2.45, 2.75) is 0 Å². The lowest BCUT2D eigenvalue weighted by Crippen LogP contribution is -1.91. The maximum atomic E-state index is 6.95. The third kappa shape index (κ3) is 4.76. The van der Waals surface area contributed by atoms with Gasteiger partial charge in [0.15, 0.2) is 0 Å². The van der Waals surface area contributed by atoms with Crippen LogP contribution in [0.5, 0.6) is 0 Å². The molecule has 1 nitrogen and oxygen atoms in total. The van der Waals surface area contributed by atoms with Crippen molar-refractivity contribution in [2.24, 2.45) is 0 Å². The minimum atomic E-state index is 0.886. The molecule has 1 heterocycles. The Kier molecular flexibility index (Phi) is 7.00. The number of furan rings is 1. The molecule has 0 unspecified atom stereocenters. The summed E-state index contributed by atoms with van der Waals surface area (Å²) < 4.78 is 6.95. The molecule has 0 saturated heterocycles. The summed E-state index contributed by atoms with van der Waals surface area (Å²) in [6.07, 6.45) is 0. The van der Waals surface area contributed by atoms with Crippen LogP contribution in [0.15, 0.2) is 211 Å². The summed E-state index contributed by atoms with van der Waals surface area (Å²) in [5, 5.41) is 14.6. The largest absolute Gasteiger partial charge is 0.455 e. The van der Waals surface area contributed by atoms with Crippen molar-refractivity contribution in [1.29, 1.82) is 0 Å². The lowest BCUT2D eigenvalue weighted by Gasteiger charge is -2.18. The molecule has 0 saturated carbocycles. The van der Waals surface area contributed by atoms with Gasteiger partial charge in [0.25, 0.3) is 0 Å². The molecule has 1 aromatic heterocycles.